The Morgan fingerprint density at radius 2 is 2.19 bits per heavy atom. The molecule has 0 saturated heterocycles. The maximum Gasteiger partial charge on any atom is 0.230 e. The van der Waals surface area contributed by atoms with Crippen molar-refractivity contribution in [3.63, 3.8) is 0 Å². The van der Waals surface area contributed by atoms with Gasteiger partial charge in [0.15, 0.2) is 0 Å². The van der Waals surface area contributed by atoms with Crippen LogP contribution in [-0.2, 0) is 0 Å². The molecule has 16 heavy (non-hydrogen) atoms. The number of anilines is 1. The summed E-state index contributed by atoms with van der Waals surface area (Å²) in [6, 6.07) is 2.60. The fourth-order valence-corrected chi connectivity index (χ4v) is 1.58. The minimum atomic E-state index is -0.504. The first-order valence-electron chi connectivity index (χ1n) is 4.37. The van der Waals surface area contributed by atoms with Gasteiger partial charge < -0.3 is 15.0 Å². The molecule has 2 N–H and O–H groups in total. The Hall–Kier alpha value is -1.75. The predicted molar refractivity (Wildman–Crippen MR) is 57.9 cm³/mol. The molecule has 0 aliphatic carbocycles. The van der Waals surface area contributed by atoms with E-state index < -0.39 is 5.82 Å². The summed E-state index contributed by atoms with van der Waals surface area (Å²) in [5.41, 5.74) is 6.08. The molecule has 0 unspecified atom stereocenters. The summed E-state index contributed by atoms with van der Waals surface area (Å²) in [5, 5.41) is 3.76. The van der Waals surface area contributed by atoms with Crippen molar-refractivity contribution in [3.8, 4) is 16.9 Å². The van der Waals surface area contributed by atoms with Gasteiger partial charge in [-0.1, -0.05) is 16.8 Å². The SMILES string of the molecule is COc1cc(F)c(-c2cnoc2N)cc1Cl. The van der Waals surface area contributed by atoms with E-state index in [0.717, 1.165) is 0 Å². The van der Waals surface area contributed by atoms with Crippen molar-refractivity contribution in [2.75, 3.05) is 12.8 Å². The molecule has 0 radical (unpaired) electrons. The van der Waals surface area contributed by atoms with Crippen LogP contribution < -0.4 is 10.5 Å². The maximum absolute atomic E-state index is 13.7. The lowest BCUT2D eigenvalue weighted by atomic mass is 10.1. The lowest BCUT2D eigenvalue weighted by molar-refractivity contribution is 0.411. The van der Waals surface area contributed by atoms with Crippen LogP contribution >= 0.6 is 11.6 Å². The van der Waals surface area contributed by atoms with Gasteiger partial charge in [0.25, 0.3) is 0 Å². The largest absolute Gasteiger partial charge is 0.495 e. The first-order chi connectivity index (χ1) is 7.63. The van der Waals surface area contributed by atoms with Gasteiger partial charge in [0.2, 0.25) is 5.88 Å². The van der Waals surface area contributed by atoms with Crippen LogP contribution in [0.2, 0.25) is 5.02 Å². The molecular formula is C10H8ClFN2O2. The van der Waals surface area contributed by atoms with E-state index in [4.69, 9.17) is 22.1 Å². The highest BCUT2D eigenvalue weighted by Gasteiger charge is 2.15. The summed E-state index contributed by atoms with van der Waals surface area (Å²) in [6.45, 7) is 0. The molecule has 2 aromatic rings. The number of halogens is 2. The number of nitrogen functional groups attached to an aromatic ring is 1. The molecule has 0 amide bonds. The zero-order chi connectivity index (χ0) is 11.7. The van der Waals surface area contributed by atoms with Crippen LogP contribution in [0.1, 0.15) is 0 Å². The fourth-order valence-electron chi connectivity index (χ4n) is 1.34. The number of ether oxygens (including phenoxy) is 1. The smallest absolute Gasteiger partial charge is 0.230 e. The zero-order valence-electron chi connectivity index (χ0n) is 8.33. The average Bonchev–Trinajstić information content (AvgIpc) is 2.67. The molecule has 1 heterocycles. The van der Waals surface area contributed by atoms with E-state index in [2.05, 4.69) is 9.68 Å². The van der Waals surface area contributed by atoms with Crippen molar-refractivity contribution in [1.29, 1.82) is 0 Å². The molecule has 4 nitrogen and oxygen atoms in total. The summed E-state index contributed by atoms with van der Waals surface area (Å²) in [5.74, 6) is -0.200. The van der Waals surface area contributed by atoms with Gasteiger partial charge in [0.05, 0.1) is 23.9 Å². The molecule has 2 rings (SSSR count). The van der Waals surface area contributed by atoms with Crippen LogP contribution in [0.15, 0.2) is 22.9 Å². The third-order valence-corrected chi connectivity index (χ3v) is 2.43. The maximum atomic E-state index is 13.7. The van der Waals surface area contributed by atoms with Crippen LogP contribution in [0.25, 0.3) is 11.1 Å². The van der Waals surface area contributed by atoms with E-state index in [1.807, 2.05) is 0 Å². The molecule has 0 bridgehead atoms. The Labute approximate surface area is 95.7 Å². The number of rotatable bonds is 2. The zero-order valence-corrected chi connectivity index (χ0v) is 9.08. The predicted octanol–water partition coefficient (Wildman–Crippen LogP) is 2.72. The van der Waals surface area contributed by atoms with Gasteiger partial charge in [0.1, 0.15) is 11.6 Å². The van der Waals surface area contributed by atoms with E-state index in [-0.39, 0.29) is 17.2 Å². The molecular weight excluding hydrogens is 235 g/mol. The van der Waals surface area contributed by atoms with E-state index >= 15 is 0 Å². The van der Waals surface area contributed by atoms with Crippen molar-refractivity contribution in [3.05, 3.63) is 29.2 Å². The van der Waals surface area contributed by atoms with Gasteiger partial charge in [-0.25, -0.2) is 4.39 Å². The van der Waals surface area contributed by atoms with Gasteiger partial charge in [-0.2, -0.15) is 0 Å². The van der Waals surface area contributed by atoms with Crippen molar-refractivity contribution >= 4 is 17.5 Å². The lowest BCUT2D eigenvalue weighted by Crippen LogP contribution is -1.91. The number of nitrogens with two attached hydrogens (primary N) is 1. The Morgan fingerprint density at radius 1 is 1.44 bits per heavy atom. The second-order valence-corrected chi connectivity index (χ2v) is 3.48. The summed E-state index contributed by atoms with van der Waals surface area (Å²) in [7, 11) is 1.41. The minimum absolute atomic E-state index is 0.0418. The second-order valence-electron chi connectivity index (χ2n) is 3.07. The minimum Gasteiger partial charge on any atom is -0.495 e. The Balaban J connectivity index is 2.59. The molecule has 0 atom stereocenters. The molecule has 84 valence electrons. The molecule has 1 aromatic carbocycles. The Morgan fingerprint density at radius 3 is 2.75 bits per heavy atom. The standard InChI is InChI=1S/C10H8ClFN2O2/c1-15-9-3-8(12)5(2-7(9)11)6-4-14-16-10(6)13/h2-4H,13H2,1H3. The molecule has 0 saturated carbocycles. The molecule has 0 aliphatic rings. The van der Waals surface area contributed by atoms with E-state index in [1.165, 1.54) is 25.4 Å². The Bertz CT molecular complexity index is 528. The lowest BCUT2D eigenvalue weighted by Gasteiger charge is -2.06. The number of hydrogen-bond acceptors (Lipinski definition) is 4. The summed E-state index contributed by atoms with van der Waals surface area (Å²) >= 11 is 5.89. The molecule has 0 spiro atoms. The van der Waals surface area contributed by atoms with E-state index in [9.17, 15) is 4.39 Å². The third kappa shape index (κ3) is 1.69. The van der Waals surface area contributed by atoms with Gasteiger partial charge >= 0.3 is 0 Å². The van der Waals surface area contributed by atoms with E-state index in [0.29, 0.717) is 10.6 Å². The number of methoxy groups -OCH3 is 1. The highest BCUT2D eigenvalue weighted by atomic mass is 35.5. The number of aromatic nitrogens is 1. The van der Waals surface area contributed by atoms with Crippen molar-refractivity contribution in [2.45, 2.75) is 0 Å². The summed E-state index contributed by atoms with van der Waals surface area (Å²) in [6.07, 6.45) is 1.33. The number of nitrogens with zero attached hydrogens (tertiary/aromatic N) is 1. The first-order valence-corrected chi connectivity index (χ1v) is 4.75. The fraction of sp³-hybridized carbons (Fsp3) is 0.100. The molecule has 0 fully saturated rings. The average molecular weight is 243 g/mol. The van der Waals surface area contributed by atoms with Crippen molar-refractivity contribution < 1.29 is 13.7 Å². The molecule has 1 aromatic heterocycles. The van der Waals surface area contributed by atoms with Crippen molar-refractivity contribution in [2.24, 2.45) is 0 Å². The van der Waals surface area contributed by atoms with Crippen LogP contribution in [0.5, 0.6) is 5.75 Å². The van der Waals surface area contributed by atoms with Gasteiger partial charge in [-0.15, -0.1) is 0 Å². The summed E-state index contributed by atoms with van der Waals surface area (Å²) < 4.78 is 23.2. The highest BCUT2D eigenvalue weighted by molar-refractivity contribution is 6.32. The summed E-state index contributed by atoms with van der Waals surface area (Å²) in [4.78, 5) is 0. The quantitative estimate of drug-likeness (QED) is 0.880. The van der Waals surface area contributed by atoms with Gasteiger partial charge in [-0.05, 0) is 6.07 Å². The van der Waals surface area contributed by atoms with Crippen molar-refractivity contribution in [1.82, 2.24) is 5.16 Å². The second kappa shape index (κ2) is 4.02. The van der Waals surface area contributed by atoms with Crippen LogP contribution in [0.4, 0.5) is 10.3 Å². The Kier molecular flexibility index (Phi) is 2.70. The van der Waals surface area contributed by atoms with Gasteiger partial charge in [-0.3, -0.25) is 0 Å². The normalized spacial score (nSPS) is 10.4. The number of hydrogen-bond donors (Lipinski definition) is 1. The van der Waals surface area contributed by atoms with Crippen LogP contribution in [0.3, 0.4) is 0 Å². The molecule has 6 heteroatoms. The highest BCUT2D eigenvalue weighted by Crippen LogP contribution is 2.35. The monoisotopic (exact) mass is 242 g/mol. The van der Waals surface area contributed by atoms with Crippen LogP contribution in [-0.4, -0.2) is 12.3 Å². The topological polar surface area (TPSA) is 61.3 Å². The third-order valence-electron chi connectivity index (χ3n) is 2.13. The number of benzene rings is 1. The van der Waals surface area contributed by atoms with E-state index in [1.54, 1.807) is 0 Å². The van der Waals surface area contributed by atoms with Gasteiger partial charge in [0, 0.05) is 11.6 Å². The molecule has 0 aliphatic heterocycles. The van der Waals surface area contributed by atoms with Crippen LogP contribution in [0, 0.1) is 5.82 Å². The first kappa shape index (κ1) is 10.8.